The Hall–Kier alpha value is -0.330. The first kappa shape index (κ1) is 12.7. The Kier molecular flexibility index (Phi) is 5.97. The Labute approximate surface area is 98.5 Å². The van der Waals surface area contributed by atoms with Gasteiger partial charge in [-0.3, -0.25) is 0 Å². The van der Waals surface area contributed by atoms with Crippen LogP contribution < -0.4 is 5.32 Å². The Bertz CT molecular complexity index is 280. The van der Waals surface area contributed by atoms with Gasteiger partial charge in [-0.1, -0.05) is 18.3 Å². The zero-order chi connectivity index (χ0) is 11.1. The van der Waals surface area contributed by atoms with Crippen molar-refractivity contribution in [1.29, 1.82) is 0 Å². The lowest BCUT2D eigenvalue weighted by atomic mass is 10.2. The summed E-state index contributed by atoms with van der Waals surface area (Å²) in [5.41, 5.74) is 0. The summed E-state index contributed by atoms with van der Waals surface area (Å²) in [6.07, 6.45) is 0. The Morgan fingerprint density at radius 2 is 2.33 bits per heavy atom. The van der Waals surface area contributed by atoms with Crippen molar-refractivity contribution in [2.75, 3.05) is 24.2 Å². The summed E-state index contributed by atoms with van der Waals surface area (Å²) < 4.78 is 0. The van der Waals surface area contributed by atoms with Crippen LogP contribution in [0.15, 0.2) is 0 Å². The first-order valence-electron chi connectivity index (χ1n) is 5.01. The molecule has 1 heterocycles. The molecule has 0 aliphatic carbocycles. The van der Waals surface area contributed by atoms with Crippen molar-refractivity contribution in [3.8, 4) is 0 Å². The third-order valence-corrected chi connectivity index (χ3v) is 4.08. The molecular weight excluding hydrogens is 230 g/mol. The Balaban J connectivity index is 2.25. The van der Waals surface area contributed by atoms with Crippen molar-refractivity contribution >= 4 is 28.2 Å². The molecule has 1 rings (SSSR count). The third-order valence-electron chi connectivity index (χ3n) is 1.73. The van der Waals surface area contributed by atoms with Crippen molar-refractivity contribution in [1.82, 2.24) is 10.2 Å². The van der Waals surface area contributed by atoms with E-state index in [0.717, 1.165) is 28.2 Å². The fraction of sp³-hybridized carbons (Fsp3) is 0.778. The largest absolute Gasteiger partial charge is 0.396 e. The number of rotatable bonds is 7. The Morgan fingerprint density at radius 3 is 3.00 bits per heavy atom. The summed E-state index contributed by atoms with van der Waals surface area (Å²) in [5.74, 6) is 2.20. The van der Waals surface area contributed by atoms with Gasteiger partial charge in [0.05, 0.1) is 0 Å². The molecule has 0 radical (unpaired) electrons. The van der Waals surface area contributed by atoms with Crippen molar-refractivity contribution in [2.45, 2.75) is 19.6 Å². The van der Waals surface area contributed by atoms with Crippen molar-refractivity contribution in [3.63, 3.8) is 0 Å². The predicted molar refractivity (Wildman–Crippen MR) is 66.5 cm³/mol. The summed E-state index contributed by atoms with van der Waals surface area (Å²) in [4.78, 5) is 0. The molecule has 15 heavy (non-hydrogen) atoms. The first-order chi connectivity index (χ1) is 7.26. The molecule has 1 aromatic rings. The second kappa shape index (κ2) is 7.03. The molecule has 4 nitrogen and oxygen atoms in total. The van der Waals surface area contributed by atoms with Crippen LogP contribution >= 0.6 is 23.1 Å². The van der Waals surface area contributed by atoms with Gasteiger partial charge < -0.3 is 10.4 Å². The molecule has 0 aromatic carbocycles. The number of anilines is 1. The second-order valence-electron chi connectivity index (χ2n) is 3.33. The highest BCUT2D eigenvalue weighted by atomic mass is 32.2. The van der Waals surface area contributed by atoms with Crippen molar-refractivity contribution in [3.05, 3.63) is 5.01 Å². The van der Waals surface area contributed by atoms with E-state index in [1.165, 1.54) is 0 Å². The SMILES string of the molecule is CCNc1nnc(CSCC(C)CO)s1. The van der Waals surface area contributed by atoms with E-state index in [2.05, 4.69) is 15.5 Å². The van der Waals surface area contributed by atoms with Crippen LogP contribution in [0.1, 0.15) is 18.9 Å². The van der Waals surface area contributed by atoms with Crippen LogP contribution in [0.2, 0.25) is 0 Å². The van der Waals surface area contributed by atoms with Gasteiger partial charge in [0.15, 0.2) is 0 Å². The number of nitrogens with zero attached hydrogens (tertiary/aromatic N) is 2. The van der Waals surface area contributed by atoms with E-state index in [-0.39, 0.29) is 6.61 Å². The lowest BCUT2D eigenvalue weighted by Crippen LogP contribution is -2.03. The number of aliphatic hydroxyl groups excluding tert-OH is 1. The molecule has 86 valence electrons. The minimum absolute atomic E-state index is 0.256. The van der Waals surface area contributed by atoms with Gasteiger partial charge >= 0.3 is 0 Å². The van der Waals surface area contributed by atoms with Gasteiger partial charge in [-0.05, 0) is 18.6 Å². The van der Waals surface area contributed by atoms with E-state index in [0.29, 0.717) is 5.92 Å². The number of aliphatic hydroxyl groups is 1. The second-order valence-corrected chi connectivity index (χ2v) is 5.43. The smallest absolute Gasteiger partial charge is 0.205 e. The van der Waals surface area contributed by atoms with E-state index in [1.54, 1.807) is 23.1 Å². The summed E-state index contributed by atoms with van der Waals surface area (Å²) in [6.45, 7) is 5.21. The molecule has 1 aromatic heterocycles. The topological polar surface area (TPSA) is 58.0 Å². The average molecular weight is 247 g/mol. The zero-order valence-electron chi connectivity index (χ0n) is 9.06. The maximum Gasteiger partial charge on any atom is 0.205 e. The maximum absolute atomic E-state index is 8.86. The van der Waals surface area contributed by atoms with Crippen molar-refractivity contribution < 1.29 is 5.11 Å². The van der Waals surface area contributed by atoms with Crippen LogP contribution in [-0.4, -0.2) is 34.2 Å². The number of aromatic nitrogens is 2. The standard InChI is InChI=1S/C9H17N3OS2/c1-3-10-9-12-11-8(15-9)6-14-5-7(2)4-13/h7,13H,3-6H2,1-2H3,(H,10,12). The highest BCUT2D eigenvalue weighted by Crippen LogP contribution is 2.21. The zero-order valence-corrected chi connectivity index (χ0v) is 10.7. The van der Waals surface area contributed by atoms with E-state index < -0.39 is 0 Å². The highest BCUT2D eigenvalue weighted by molar-refractivity contribution is 7.98. The molecule has 0 spiro atoms. The normalized spacial score (nSPS) is 12.7. The molecule has 0 bridgehead atoms. The van der Waals surface area contributed by atoms with Crippen LogP contribution in [0.3, 0.4) is 0 Å². The van der Waals surface area contributed by atoms with E-state index in [9.17, 15) is 0 Å². The summed E-state index contributed by atoms with van der Waals surface area (Å²) in [5, 5.41) is 22.0. The monoisotopic (exact) mass is 247 g/mol. The van der Waals surface area contributed by atoms with E-state index >= 15 is 0 Å². The summed E-state index contributed by atoms with van der Waals surface area (Å²) >= 11 is 3.39. The molecule has 0 amide bonds. The minimum atomic E-state index is 0.256. The quantitative estimate of drug-likeness (QED) is 0.770. The molecule has 0 saturated heterocycles. The lowest BCUT2D eigenvalue weighted by Gasteiger charge is -2.04. The minimum Gasteiger partial charge on any atom is -0.396 e. The van der Waals surface area contributed by atoms with Crippen LogP contribution in [-0.2, 0) is 5.75 Å². The van der Waals surface area contributed by atoms with Crippen LogP contribution in [0.4, 0.5) is 5.13 Å². The third kappa shape index (κ3) is 4.81. The molecular formula is C9H17N3OS2. The fourth-order valence-electron chi connectivity index (χ4n) is 0.935. The van der Waals surface area contributed by atoms with Gasteiger partial charge in [-0.25, -0.2) is 0 Å². The van der Waals surface area contributed by atoms with Gasteiger partial charge in [-0.2, -0.15) is 11.8 Å². The molecule has 0 aliphatic heterocycles. The van der Waals surface area contributed by atoms with E-state index in [1.807, 2.05) is 13.8 Å². The average Bonchev–Trinajstić information content (AvgIpc) is 2.66. The number of nitrogens with one attached hydrogen (secondary N) is 1. The summed E-state index contributed by atoms with van der Waals surface area (Å²) in [6, 6.07) is 0. The number of thioether (sulfide) groups is 1. The molecule has 0 fully saturated rings. The molecule has 2 N–H and O–H groups in total. The number of hydrogen-bond donors (Lipinski definition) is 2. The van der Waals surface area contributed by atoms with Gasteiger partial charge in [0.25, 0.3) is 0 Å². The number of hydrogen-bond acceptors (Lipinski definition) is 6. The molecule has 1 atom stereocenters. The molecule has 0 saturated carbocycles. The lowest BCUT2D eigenvalue weighted by molar-refractivity contribution is 0.250. The van der Waals surface area contributed by atoms with Crippen molar-refractivity contribution in [2.24, 2.45) is 5.92 Å². The van der Waals surface area contributed by atoms with Gasteiger partial charge in [0, 0.05) is 18.9 Å². The van der Waals surface area contributed by atoms with Gasteiger partial charge in [-0.15, -0.1) is 10.2 Å². The highest BCUT2D eigenvalue weighted by Gasteiger charge is 2.05. The van der Waals surface area contributed by atoms with Gasteiger partial charge in [0.2, 0.25) is 5.13 Å². The molecule has 1 unspecified atom stereocenters. The fourth-order valence-corrected chi connectivity index (χ4v) is 2.88. The predicted octanol–water partition coefficient (Wildman–Crippen LogP) is 1.83. The van der Waals surface area contributed by atoms with Crippen LogP contribution in [0.25, 0.3) is 0 Å². The summed E-state index contributed by atoms with van der Waals surface area (Å²) in [7, 11) is 0. The molecule has 6 heteroatoms. The molecule has 0 aliphatic rings. The van der Waals surface area contributed by atoms with Crippen LogP contribution in [0.5, 0.6) is 0 Å². The first-order valence-corrected chi connectivity index (χ1v) is 6.98. The Morgan fingerprint density at radius 1 is 1.53 bits per heavy atom. The van der Waals surface area contributed by atoms with E-state index in [4.69, 9.17) is 5.11 Å². The van der Waals surface area contributed by atoms with Gasteiger partial charge in [0.1, 0.15) is 5.01 Å². The van der Waals surface area contributed by atoms with Crippen LogP contribution in [0, 0.1) is 5.92 Å². The maximum atomic E-state index is 8.86.